The quantitative estimate of drug-likeness (QED) is 0.849. The average Bonchev–Trinajstić information content (AvgIpc) is 2.46. The lowest BCUT2D eigenvalue weighted by atomic mass is 10.1. The van der Waals surface area contributed by atoms with E-state index >= 15 is 0 Å². The van der Waals surface area contributed by atoms with Crippen LogP contribution in [0.4, 0.5) is 5.69 Å². The highest BCUT2D eigenvalue weighted by Gasteiger charge is 2.21. The fraction of sp³-hybridized carbons (Fsp3) is 0.562. The Morgan fingerprint density at radius 2 is 1.75 bits per heavy atom. The van der Waals surface area contributed by atoms with Crippen LogP contribution >= 0.6 is 11.6 Å². The highest BCUT2D eigenvalue weighted by atomic mass is 35.5. The van der Waals surface area contributed by atoms with Crippen LogP contribution in [0.2, 0.25) is 5.02 Å². The van der Waals surface area contributed by atoms with Crippen molar-refractivity contribution in [2.75, 3.05) is 31.1 Å². The molecule has 2 rings (SSSR count). The molecule has 3 nitrogen and oxygen atoms in total. The Hall–Kier alpha value is -1.22. The maximum Gasteiger partial charge on any atom is 0.222 e. The van der Waals surface area contributed by atoms with Gasteiger partial charge in [0.2, 0.25) is 5.91 Å². The van der Waals surface area contributed by atoms with Crippen LogP contribution < -0.4 is 4.90 Å². The summed E-state index contributed by atoms with van der Waals surface area (Å²) in [6.45, 7) is 7.75. The van der Waals surface area contributed by atoms with E-state index in [1.165, 1.54) is 5.69 Å². The summed E-state index contributed by atoms with van der Waals surface area (Å²) in [4.78, 5) is 16.4. The Balaban J connectivity index is 1.83. The van der Waals surface area contributed by atoms with Crippen molar-refractivity contribution in [1.82, 2.24) is 4.90 Å². The first kappa shape index (κ1) is 15.2. The molecule has 0 saturated carbocycles. The van der Waals surface area contributed by atoms with E-state index in [1.807, 2.05) is 29.2 Å². The van der Waals surface area contributed by atoms with Crippen LogP contribution in [0.15, 0.2) is 24.3 Å². The van der Waals surface area contributed by atoms with Gasteiger partial charge in [0, 0.05) is 43.3 Å². The molecule has 0 unspecified atom stereocenters. The largest absolute Gasteiger partial charge is 0.368 e. The molecule has 0 N–H and O–H groups in total. The third kappa shape index (κ3) is 4.14. The van der Waals surface area contributed by atoms with Crippen molar-refractivity contribution in [2.24, 2.45) is 5.92 Å². The minimum atomic E-state index is 0.300. The van der Waals surface area contributed by atoms with Gasteiger partial charge >= 0.3 is 0 Å². The second-order valence-electron chi connectivity index (χ2n) is 5.78. The van der Waals surface area contributed by atoms with Crippen molar-refractivity contribution in [3.63, 3.8) is 0 Å². The number of anilines is 1. The molecule has 1 aromatic rings. The Morgan fingerprint density at radius 3 is 2.30 bits per heavy atom. The van der Waals surface area contributed by atoms with Gasteiger partial charge in [0.1, 0.15) is 0 Å². The van der Waals surface area contributed by atoms with Gasteiger partial charge in [-0.2, -0.15) is 0 Å². The number of nitrogens with zero attached hydrogens (tertiary/aromatic N) is 2. The van der Waals surface area contributed by atoms with Gasteiger partial charge < -0.3 is 9.80 Å². The number of amides is 1. The van der Waals surface area contributed by atoms with E-state index in [2.05, 4.69) is 18.7 Å². The monoisotopic (exact) mass is 294 g/mol. The summed E-state index contributed by atoms with van der Waals surface area (Å²) in [6, 6.07) is 7.91. The number of benzene rings is 1. The zero-order valence-corrected chi connectivity index (χ0v) is 13.1. The molecule has 1 fully saturated rings. The van der Waals surface area contributed by atoms with Crippen LogP contribution in [-0.4, -0.2) is 37.0 Å². The van der Waals surface area contributed by atoms with Crippen LogP contribution in [-0.2, 0) is 4.79 Å². The van der Waals surface area contributed by atoms with Gasteiger partial charge in [-0.25, -0.2) is 0 Å². The molecule has 1 aromatic carbocycles. The smallest absolute Gasteiger partial charge is 0.222 e. The minimum Gasteiger partial charge on any atom is -0.368 e. The van der Waals surface area contributed by atoms with E-state index in [9.17, 15) is 4.79 Å². The first-order valence-corrected chi connectivity index (χ1v) is 7.72. The molecule has 0 aliphatic carbocycles. The van der Waals surface area contributed by atoms with Gasteiger partial charge in [0.25, 0.3) is 0 Å². The Morgan fingerprint density at radius 1 is 1.15 bits per heavy atom. The molecule has 4 heteroatoms. The van der Waals surface area contributed by atoms with Gasteiger partial charge in [-0.3, -0.25) is 4.79 Å². The molecular weight excluding hydrogens is 272 g/mol. The molecule has 20 heavy (non-hydrogen) atoms. The minimum absolute atomic E-state index is 0.300. The van der Waals surface area contributed by atoms with Crippen LogP contribution in [0.3, 0.4) is 0 Å². The predicted octanol–water partition coefficient (Wildman–Crippen LogP) is 3.42. The predicted molar refractivity (Wildman–Crippen MR) is 84.3 cm³/mol. The van der Waals surface area contributed by atoms with E-state index in [0.717, 1.165) is 37.6 Å². The number of hydrogen-bond donors (Lipinski definition) is 0. The molecule has 110 valence electrons. The average molecular weight is 295 g/mol. The van der Waals surface area contributed by atoms with Crippen molar-refractivity contribution in [1.29, 1.82) is 0 Å². The second-order valence-corrected chi connectivity index (χ2v) is 6.21. The van der Waals surface area contributed by atoms with Crippen LogP contribution in [0.25, 0.3) is 0 Å². The van der Waals surface area contributed by atoms with Crippen LogP contribution in [0, 0.1) is 5.92 Å². The lowest BCUT2D eigenvalue weighted by Crippen LogP contribution is -2.48. The first-order valence-electron chi connectivity index (χ1n) is 7.34. The van der Waals surface area contributed by atoms with Crippen molar-refractivity contribution >= 4 is 23.2 Å². The zero-order valence-electron chi connectivity index (χ0n) is 12.3. The molecule has 0 spiro atoms. The molecular formula is C16H23ClN2O. The summed E-state index contributed by atoms with van der Waals surface area (Å²) < 4.78 is 0. The summed E-state index contributed by atoms with van der Waals surface area (Å²) in [7, 11) is 0. The molecule has 1 saturated heterocycles. The SMILES string of the molecule is CC(C)CCC(=O)N1CCN(c2ccc(Cl)cc2)CC1. The van der Waals surface area contributed by atoms with Crippen molar-refractivity contribution in [3.8, 4) is 0 Å². The summed E-state index contributed by atoms with van der Waals surface area (Å²) in [5.41, 5.74) is 1.18. The molecule has 1 amide bonds. The van der Waals surface area contributed by atoms with Crippen molar-refractivity contribution < 1.29 is 4.79 Å². The highest BCUT2D eigenvalue weighted by Crippen LogP contribution is 2.19. The maximum absolute atomic E-state index is 12.1. The zero-order chi connectivity index (χ0) is 14.5. The lowest BCUT2D eigenvalue weighted by molar-refractivity contribution is -0.131. The van der Waals surface area contributed by atoms with E-state index in [0.29, 0.717) is 18.2 Å². The number of hydrogen-bond acceptors (Lipinski definition) is 2. The Kier molecular flexibility index (Phi) is 5.30. The summed E-state index contributed by atoms with van der Waals surface area (Å²) in [6.07, 6.45) is 1.66. The summed E-state index contributed by atoms with van der Waals surface area (Å²) in [5, 5.41) is 0.760. The normalized spacial score (nSPS) is 15.8. The van der Waals surface area contributed by atoms with E-state index in [1.54, 1.807) is 0 Å². The number of carbonyl (C=O) groups is 1. The van der Waals surface area contributed by atoms with E-state index in [-0.39, 0.29) is 0 Å². The second kappa shape index (κ2) is 6.98. The highest BCUT2D eigenvalue weighted by molar-refractivity contribution is 6.30. The molecule has 0 atom stereocenters. The van der Waals surface area contributed by atoms with Gasteiger partial charge in [0.15, 0.2) is 0 Å². The van der Waals surface area contributed by atoms with E-state index < -0.39 is 0 Å². The number of rotatable bonds is 4. The molecule has 0 bridgehead atoms. The summed E-state index contributed by atoms with van der Waals surface area (Å²) >= 11 is 5.90. The molecule has 1 aliphatic heterocycles. The van der Waals surface area contributed by atoms with Crippen molar-refractivity contribution in [2.45, 2.75) is 26.7 Å². The fourth-order valence-corrected chi connectivity index (χ4v) is 2.56. The molecule has 1 aliphatic rings. The molecule has 1 heterocycles. The summed E-state index contributed by atoms with van der Waals surface area (Å²) in [5.74, 6) is 0.892. The lowest BCUT2D eigenvalue weighted by Gasteiger charge is -2.36. The number of carbonyl (C=O) groups excluding carboxylic acids is 1. The Labute approximate surface area is 126 Å². The molecule has 0 aromatic heterocycles. The van der Waals surface area contributed by atoms with E-state index in [4.69, 9.17) is 11.6 Å². The Bertz CT molecular complexity index is 436. The maximum atomic E-state index is 12.1. The number of piperazine rings is 1. The fourth-order valence-electron chi connectivity index (χ4n) is 2.44. The van der Waals surface area contributed by atoms with Gasteiger partial charge in [-0.05, 0) is 36.6 Å². The topological polar surface area (TPSA) is 23.6 Å². The van der Waals surface area contributed by atoms with Gasteiger partial charge in [0.05, 0.1) is 0 Å². The number of halogens is 1. The van der Waals surface area contributed by atoms with Crippen LogP contribution in [0.5, 0.6) is 0 Å². The third-order valence-electron chi connectivity index (χ3n) is 3.76. The third-order valence-corrected chi connectivity index (χ3v) is 4.01. The first-order chi connectivity index (χ1) is 9.56. The van der Waals surface area contributed by atoms with Gasteiger partial charge in [-0.1, -0.05) is 25.4 Å². The van der Waals surface area contributed by atoms with Gasteiger partial charge in [-0.15, -0.1) is 0 Å². The standard InChI is InChI=1S/C16H23ClN2O/c1-13(2)3-8-16(20)19-11-9-18(10-12-19)15-6-4-14(17)5-7-15/h4-7,13H,3,8-12H2,1-2H3. The molecule has 0 radical (unpaired) electrons. The van der Waals surface area contributed by atoms with Crippen molar-refractivity contribution in [3.05, 3.63) is 29.3 Å². The van der Waals surface area contributed by atoms with Crippen LogP contribution in [0.1, 0.15) is 26.7 Å².